The number of likely N-dealkylation sites (N-methyl/N-ethyl adjacent to an activating group) is 1. The van der Waals surface area contributed by atoms with Crippen molar-refractivity contribution in [2.75, 3.05) is 33.3 Å². The molecule has 4 atom stereocenters. The Balaban J connectivity index is 1.46. The van der Waals surface area contributed by atoms with E-state index in [1.54, 1.807) is 52.4 Å². The largest absolute Gasteiger partial charge is 0.508 e. The van der Waals surface area contributed by atoms with Gasteiger partial charge < -0.3 is 25.0 Å². The predicted octanol–water partition coefficient (Wildman–Crippen LogP) is 3.85. The molecular weight excluding hydrogens is 546 g/mol. The highest BCUT2D eigenvalue weighted by Crippen LogP contribution is 2.59. The molecule has 3 unspecified atom stereocenters. The Labute approximate surface area is 253 Å². The predicted molar refractivity (Wildman–Crippen MR) is 163 cm³/mol. The number of phenols is 1. The fourth-order valence-corrected chi connectivity index (χ4v) is 6.39. The molecule has 2 saturated heterocycles. The van der Waals surface area contributed by atoms with Crippen molar-refractivity contribution in [1.29, 1.82) is 0 Å². The summed E-state index contributed by atoms with van der Waals surface area (Å²) in [7, 11) is 1.60. The first-order valence-electron chi connectivity index (χ1n) is 14.8. The minimum Gasteiger partial charge on any atom is -0.508 e. The quantitative estimate of drug-likeness (QED) is 0.409. The molecule has 2 N–H and O–H groups in total. The maximum absolute atomic E-state index is 14.3. The van der Waals surface area contributed by atoms with Gasteiger partial charge in [0.2, 0.25) is 11.8 Å². The number of benzene rings is 2. The first-order valence-corrected chi connectivity index (χ1v) is 14.8. The Morgan fingerprint density at radius 1 is 1.19 bits per heavy atom. The molecule has 1 aliphatic carbocycles. The van der Waals surface area contributed by atoms with Gasteiger partial charge in [0.25, 0.3) is 0 Å². The first-order chi connectivity index (χ1) is 20.6. The number of nitrogens with zero attached hydrogens (tertiary/aromatic N) is 4. The summed E-state index contributed by atoms with van der Waals surface area (Å²) in [5.41, 5.74) is 1.59. The highest BCUT2D eigenvalue weighted by molar-refractivity contribution is 5.98. The third-order valence-corrected chi connectivity index (χ3v) is 9.07. The van der Waals surface area contributed by atoms with Crippen molar-refractivity contribution < 1.29 is 24.2 Å². The fourth-order valence-electron chi connectivity index (χ4n) is 6.39. The van der Waals surface area contributed by atoms with Gasteiger partial charge in [-0.2, -0.15) is 0 Å². The average molecular weight is 588 g/mol. The molecular formula is C33H41N5O5. The Hall–Kier alpha value is -4.31. The van der Waals surface area contributed by atoms with Crippen LogP contribution in [0.25, 0.3) is 0 Å². The summed E-state index contributed by atoms with van der Waals surface area (Å²) in [4.78, 5) is 45.5. The van der Waals surface area contributed by atoms with Crippen LogP contribution in [0.1, 0.15) is 43.7 Å². The number of hydrazine groups is 1. The highest BCUT2D eigenvalue weighted by Gasteiger charge is 2.71. The SMILES string of the molecule is C=CC(=C)C(C)CCN1C[C@@H]2N(C(=O)NCc3ccc(OC)cc3)N(CC)CC(=O)N2C2(CC2c2ccc(O)cc2)C1=O. The van der Waals surface area contributed by atoms with E-state index in [4.69, 9.17) is 4.74 Å². The molecule has 10 nitrogen and oxygen atoms in total. The molecule has 0 bridgehead atoms. The van der Waals surface area contributed by atoms with Gasteiger partial charge in [-0.3, -0.25) is 9.59 Å². The molecule has 2 aromatic rings. The van der Waals surface area contributed by atoms with Crippen LogP contribution in [0, 0.1) is 5.92 Å². The number of phenolic OH excluding ortho intramolecular Hbond substituents is 1. The molecule has 2 aromatic carbocycles. The number of ether oxygens (including phenoxy) is 1. The van der Waals surface area contributed by atoms with Crippen molar-refractivity contribution in [3.8, 4) is 11.5 Å². The second-order valence-electron chi connectivity index (χ2n) is 11.6. The molecule has 0 aromatic heterocycles. The molecule has 1 saturated carbocycles. The molecule has 43 heavy (non-hydrogen) atoms. The monoisotopic (exact) mass is 587 g/mol. The van der Waals surface area contributed by atoms with E-state index in [9.17, 15) is 19.5 Å². The van der Waals surface area contributed by atoms with E-state index >= 15 is 0 Å². The van der Waals surface area contributed by atoms with Crippen molar-refractivity contribution in [2.24, 2.45) is 5.92 Å². The standard InChI is InChI=1S/C33H41N5O5/c1-6-22(3)23(4)16-17-35-20-29-37(33(31(35)41)18-28(33)25-10-12-26(39)13-11-25)30(40)21-36(7-2)38(29)32(42)34-19-24-8-14-27(43-5)15-9-24/h6,8-15,23,28-29,39H,1,3,7,16-21H2,2,4-5H3,(H,34,42)/t23?,28?,29-,33?/m0/s1. The average Bonchev–Trinajstić information content (AvgIpc) is 3.76. The van der Waals surface area contributed by atoms with E-state index in [2.05, 4.69) is 25.4 Å². The summed E-state index contributed by atoms with van der Waals surface area (Å²) in [6.07, 6.45) is 2.20. The lowest BCUT2D eigenvalue weighted by molar-refractivity contribution is -0.193. The van der Waals surface area contributed by atoms with Crippen LogP contribution in [-0.4, -0.2) is 87.8 Å². The van der Waals surface area contributed by atoms with Crippen LogP contribution >= 0.6 is 0 Å². The van der Waals surface area contributed by atoms with E-state index in [0.29, 0.717) is 32.5 Å². The Morgan fingerprint density at radius 2 is 1.88 bits per heavy atom. The Morgan fingerprint density at radius 3 is 2.51 bits per heavy atom. The van der Waals surface area contributed by atoms with Gasteiger partial charge in [0, 0.05) is 25.6 Å². The maximum atomic E-state index is 14.3. The number of amides is 4. The number of rotatable bonds is 10. The van der Waals surface area contributed by atoms with Gasteiger partial charge in [0.05, 0.1) is 20.2 Å². The summed E-state index contributed by atoms with van der Waals surface area (Å²) >= 11 is 0. The van der Waals surface area contributed by atoms with E-state index in [1.807, 2.05) is 36.1 Å². The molecule has 2 heterocycles. The lowest BCUT2D eigenvalue weighted by atomic mass is 9.96. The van der Waals surface area contributed by atoms with Gasteiger partial charge in [-0.05, 0) is 54.2 Å². The van der Waals surface area contributed by atoms with Crippen LogP contribution in [0.5, 0.6) is 11.5 Å². The van der Waals surface area contributed by atoms with E-state index in [1.165, 1.54) is 0 Å². The second kappa shape index (κ2) is 12.1. The molecule has 4 amide bonds. The van der Waals surface area contributed by atoms with Gasteiger partial charge in [0.15, 0.2) is 0 Å². The number of fused-ring (bicyclic) bond motifs is 2. The lowest BCUT2D eigenvalue weighted by Gasteiger charge is -2.56. The van der Waals surface area contributed by atoms with Crippen molar-refractivity contribution in [3.63, 3.8) is 0 Å². The topological polar surface area (TPSA) is 106 Å². The molecule has 5 rings (SSSR count). The van der Waals surface area contributed by atoms with Crippen molar-refractivity contribution in [3.05, 3.63) is 84.5 Å². The Kier molecular flexibility index (Phi) is 8.50. The zero-order valence-electron chi connectivity index (χ0n) is 25.2. The minimum absolute atomic E-state index is 0.00350. The van der Waals surface area contributed by atoms with Gasteiger partial charge >= 0.3 is 6.03 Å². The number of nitrogens with one attached hydrogen (secondary N) is 1. The molecule has 0 radical (unpaired) electrons. The first kappa shape index (κ1) is 30.2. The molecule has 3 fully saturated rings. The van der Waals surface area contributed by atoms with E-state index < -0.39 is 11.7 Å². The summed E-state index contributed by atoms with van der Waals surface area (Å²) in [5.74, 6) is 0.469. The number of carbonyl (C=O) groups is 3. The zero-order valence-corrected chi connectivity index (χ0v) is 25.2. The van der Waals surface area contributed by atoms with Crippen molar-refractivity contribution in [2.45, 2.75) is 50.9 Å². The molecule has 10 heteroatoms. The number of hydrogen-bond acceptors (Lipinski definition) is 6. The van der Waals surface area contributed by atoms with Crippen LogP contribution in [-0.2, 0) is 16.1 Å². The van der Waals surface area contributed by atoms with E-state index in [0.717, 1.165) is 22.4 Å². The number of piperazine rings is 1. The van der Waals surface area contributed by atoms with Crippen molar-refractivity contribution >= 4 is 17.8 Å². The summed E-state index contributed by atoms with van der Waals surface area (Å²) in [5, 5.41) is 16.3. The third-order valence-electron chi connectivity index (χ3n) is 9.07. The number of carbonyl (C=O) groups excluding carboxylic acids is 3. The molecule has 2 aliphatic heterocycles. The number of allylic oxidation sites excluding steroid dienone is 2. The van der Waals surface area contributed by atoms with Crippen LogP contribution in [0.2, 0.25) is 0 Å². The summed E-state index contributed by atoms with van der Waals surface area (Å²) in [6.45, 7) is 13.3. The highest BCUT2D eigenvalue weighted by atomic mass is 16.5. The van der Waals surface area contributed by atoms with Gasteiger partial charge in [-0.15, -0.1) is 0 Å². The molecule has 3 aliphatic rings. The van der Waals surface area contributed by atoms with Gasteiger partial charge in [-0.25, -0.2) is 14.8 Å². The smallest absolute Gasteiger partial charge is 0.334 e. The van der Waals surface area contributed by atoms with E-state index in [-0.39, 0.29) is 48.5 Å². The number of aromatic hydroxyl groups is 1. The van der Waals surface area contributed by atoms with Gasteiger partial charge in [0.1, 0.15) is 23.2 Å². The maximum Gasteiger partial charge on any atom is 0.334 e. The minimum atomic E-state index is -1.09. The summed E-state index contributed by atoms with van der Waals surface area (Å²) in [6, 6.07) is 13.9. The Bertz CT molecular complexity index is 1390. The third kappa shape index (κ3) is 5.59. The number of methoxy groups -OCH3 is 1. The second-order valence-corrected chi connectivity index (χ2v) is 11.6. The normalized spacial score (nSPS) is 24.0. The number of urea groups is 1. The van der Waals surface area contributed by atoms with Crippen LogP contribution in [0.3, 0.4) is 0 Å². The van der Waals surface area contributed by atoms with Crippen LogP contribution in [0.4, 0.5) is 4.79 Å². The molecule has 228 valence electrons. The van der Waals surface area contributed by atoms with Gasteiger partial charge in [-0.1, -0.05) is 62.9 Å². The lowest BCUT2D eigenvalue weighted by Crippen LogP contribution is -2.77. The fraction of sp³-hybridized carbons (Fsp3) is 0.424. The number of hydrogen-bond donors (Lipinski definition) is 2. The summed E-state index contributed by atoms with van der Waals surface area (Å²) < 4.78 is 5.24. The zero-order chi connectivity index (χ0) is 30.9. The van der Waals surface area contributed by atoms with Crippen molar-refractivity contribution in [1.82, 2.24) is 25.1 Å². The van der Waals surface area contributed by atoms with Crippen LogP contribution in [0.15, 0.2) is 73.3 Å². The molecule has 1 spiro atoms. The van der Waals surface area contributed by atoms with Crippen LogP contribution < -0.4 is 10.1 Å².